The summed E-state index contributed by atoms with van der Waals surface area (Å²) in [4.78, 5) is 0. The first-order chi connectivity index (χ1) is 9.22. The third-order valence-electron chi connectivity index (χ3n) is 2.87. The zero-order chi connectivity index (χ0) is 13.7. The van der Waals surface area contributed by atoms with Crippen LogP contribution in [0.4, 0.5) is 5.69 Å². The summed E-state index contributed by atoms with van der Waals surface area (Å²) < 4.78 is 6.26. The van der Waals surface area contributed by atoms with E-state index in [1.54, 1.807) is 7.11 Å². The number of methoxy groups -OCH3 is 1. The molecule has 0 spiro atoms. The van der Waals surface area contributed by atoms with Gasteiger partial charge in [0.2, 0.25) is 0 Å². The Morgan fingerprint density at radius 3 is 2.53 bits per heavy atom. The second-order valence-electron chi connectivity index (χ2n) is 4.17. The van der Waals surface area contributed by atoms with E-state index in [0.29, 0.717) is 6.54 Å². The molecule has 0 bridgehead atoms. The summed E-state index contributed by atoms with van der Waals surface area (Å²) in [5.41, 5.74) is 3.06. The average molecular weight is 322 g/mol. The van der Waals surface area contributed by atoms with Crippen LogP contribution in [0.2, 0.25) is 0 Å². The van der Waals surface area contributed by atoms with Crippen molar-refractivity contribution in [3.05, 3.63) is 58.1 Å². The Labute approximate surface area is 121 Å². The second kappa shape index (κ2) is 6.59. The van der Waals surface area contributed by atoms with E-state index in [1.807, 2.05) is 42.5 Å². The van der Waals surface area contributed by atoms with Crippen molar-refractivity contribution in [2.24, 2.45) is 0 Å². The summed E-state index contributed by atoms with van der Waals surface area (Å²) in [6.07, 6.45) is 0. The second-order valence-corrected chi connectivity index (χ2v) is 5.02. The van der Waals surface area contributed by atoms with Crippen molar-refractivity contribution in [2.75, 3.05) is 12.4 Å². The number of rotatable bonds is 5. The minimum atomic E-state index is 0.0711. The van der Waals surface area contributed by atoms with Gasteiger partial charge in [0, 0.05) is 16.7 Å². The Morgan fingerprint density at radius 2 is 1.89 bits per heavy atom. The molecule has 2 aromatic carbocycles. The van der Waals surface area contributed by atoms with Crippen molar-refractivity contribution in [3.63, 3.8) is 0 Å². The molecule has 19 heavy (non-hydrogen) atoms. The molecule has 0 saturated heterocycles. The van der Waals surface area contributed by atoms with Gasteiger partial charge in [0.1, 0.15) is 5.75 Å². The zero-order valence-corrected chi connectivity index (χ0v) is 12.3. The maximum Gasteiger partial charge on any atom is 0.119 e. The van der Waals surface area contributed by atoms with Crippen molar-refractivity contribution in [2.45, 2.75) is 13.2 Å². The topological polar surface area (TPSA) is 41.5 Å². The summed E-state index contributed by atoms with van der Waals surface area (Å²) >= 11 is 3.53. The maximum absolute atomic E-state index is 8.99. The highest BCUT2D eigenvalue weighted by Gasteiger charge is 2.02. The Balaban J connectivity index is 2.05. The van der Waals surface area contributed by atoms with Gasteiger partial charge in [-0.15, -0.1) is 0 Å². The van der Waals surface area contributed by atoms with Crippen molar-refractivity contribution in [1.82, 2.24) is 0 Å². The first kappa shape index (κ1) is 13.9. The van der Waals surface area contributed by atoms with Crippen LogP contribution in [-0.4, -0.2) is 12.2 Å². The normalized spacial score (nSPS) is 10.3. The van der Waals surface area contributed by atoms with Crippen molar-refractivity contribution in [1.29, 1.82) is 0 Å². The molecule has 0 aromatic heterocycles. The van der Waals surface area contributed by atoms with Crippen LogP contribution in [0.15, 0.2) is 46.9 Å². The quantitative estimate of drug-likeness (QED) is 0.884. The molecule has 0 aliphatic carbocycles. The van der Waals surface area contributed by atoms with Crippen LogP contribution < -0.4 is 10.1 Å². The van der Waals surface area contributed by atoms with Gasteiger partial charge < -0.3 is 15.2 Å². The third-order valence-corrected chi connectivity index (χ3v) is 3.65. The third kappa shape index (κ3) is 3.72. The van der Waals surface area contributed by atoms with E-state index in [4.69, 9.17) is 9.84 Å². The van der Waals surface area contributed by atoms with Crippen LogP contribution in [0.3, 0.4) is 0 Å². The van der Waals surface area contributed by atoms with Gasteiger partial charge in [-0.1, -0.05) is 28.1 Å². The number of benzene rings is 2. The van der Waals surface area contributed by atoms with Gasteiger partial charge in [-0.25, -0.2) is 0 Å². The molecule has 0 heterocycles. The van der Waals surface area contributed by atoms with Crippen LogP contribution in [0, 0.1) is 0 Å². The first-order valence-corrected chi connectivity index (χ1v) is 6.78. The fourth-order valence-electron chi connectivity index (χ4n) is 1.74. The molecule has 4 heteroatoms. The molecular weight excluding hydrogens is 306 g/mol. The highest BCUT2D eigenvalue weighted by atomic mass is 79.9. The van der Waals surface area contributed by atoms with Crippen LogP contribution in [0.1, 0.15) is 11.1 Å². The molecule has 0 saturated carbocycles. The lowest BCUT2D eigenvalue weighted by Crippen LogP contribution is -2.00. The predicted octanol–water partition coefficient (Wildman–Crippen LogP) is 3.56. The number of hydrogen-bond donors (Lipinski definition) is 2. The number of anilines is 1. The van der Waals surface area contributed by atoms with E-state index in [-0.39, 0.29) is 6.61 Å². The fraction of sp³-hybridized carbons (Fsp3) is 0.200. The molecule has 2 N–H and O–H groups in total. The molecule has 0 unspecified atom stereocenters. The summed E-state index contributed by atoms with van der Waals surface area (Å²) in [6.45, 7) is 0.776. The number of aliphatic hydroxyl groups is 1. The van der Waals surface area contributed by atoms with Gasteiger partial charge in [-0.3, -0.25) is 0 Å². The Morgan fingerprint density at radius 1 is 1.16 bits per heavy atom. The number of halogens is 1. The number of nitrogens with one attached hydrogen (secondary N) is 1. The Bertz CT molecular complexity index is 540. The lowest BCUT2D eigenvalue weighted by molar-refractivity contribution is 0.282. The number of hydrogen-bond acceptors (Lipinski definition) is 3. The standard InChI is InChI=1S/C15H16BrNO2/c1-19-14-6-7-15(16)12(8-14)9-17-13-4-2-11(10-18)3-5-13/h2-8,17-18H,9-10H2,1H3. The molecule has 2 aromatic rings. The van der Waals surface area contributed by atoms with Crippen LogP contribution in [-0.2, 0) is 13.2 Å². The van der Waals surface area contributed by atoms with Gasteiger partial charge in [0.25, 0.3) is 0 Å². The molecule has 3 nitrogen and oxygen atoms in total. The summed E-state index contributed by atoms with van der Waals surface area (Å²) in [7, 11) is 1.66. The van der Waals surface area contributed by atoms with Gasteiger partial charge in [-0.2, -0.15) is 0 Å². The Hall–Kier alpha value is -1.52. The van der Waals surface area contributed by atoms with Crippen molar-refractivity contribution in [3.8, 4) is 5.75 Å². The highest BCUT2D eigenvalue weighted by Crippen LogP contribution is 2.23. The molecule has 0 amide bonds. The summed E-state index contributed by atoms with van der Waals surface area (Å²) in [5, 5.41) is 12.3. The largest absolute Gasteiger partial charge is 0.497 e. The van der Waals surface area contributed by atoms with Crippen LogP contribution in [0.5, 0.6) is 5.75 Å². The molecule has 0 aliphatic rings. The molecule has 0 atom stereocenters. The summed E-state index contributed by atoms with van der Waals surface area (Å²) in [5.74, 6) is 0.843. The predicted molar refractivity (Wildman–Crippen MR) is 80.4 cm³/mol. The molecule has 2 rings (SSSR count). The molecule has 0 radical (unpaired) electrons. The van der Waals surface area contributed by atoms with E-state index in [2.05, 4.69) is 21.2 Å². The average Bonchev–Trinajstić information content (AvgIpc) is 2.47. The minimum Gasteiger partial charge on any atom is -0.497 e. The lowest BCUT2D eigenvalue weighted by Gasteiger charge is -2.10. The van der Waals surface area contributed by atoms with E-state index in [9.17, 15) is 0 Å². The Kier molecular flexibility index (Phi) is 4.82. The first-order valence-electron chi connectivity index (χ1n) is 5.99. The van der Waals surface area contributed by atoms with Crippen LogP contribution in [0.25, 0.3) is 0 Å². The van der Waals surface area contributed by atoms with E-state index in [1.165, 1.54) is 0 Å². The zero-order valence-electron chi connectivity index (χ0n) is 10.7. The van der Waals surface area contributed by atoms with Gasteiger partial charge in [-0.05, 0) is 41.5 Å². The SMILES string of the molecule is COc1ccc(Br)c(CNc2ccc(CO)cc2)c1. The highest BCUT2D eigenvalue weighted by molar-refractivity contribution is 9.10. The monoisotopic (exact) mass is 321 g/mol. The van der Waals surface area contributed by atoms with Gasteiger partial charge in [0.05, 0.1) is 13.7 Å². The van der Waals surface area contributed by atoms with E-state index in [0.717, 1.165) is 27.0 Å². The van der Waals surface area contributed by atoms with Crippen molar-refractivity contribution < 1.29 is 9.84 Å². The molecule has 0 fully saturated rings. The number of ether oxygens (including phenoxy) is 1. The van der Waals surface area contributed by atoms with E-state index < -0.39 is 0 Å². The summed E-state index contributed by atoms with van der Waals surface area (Å²) in [6, 6.07) is 13.6. The smallest absolute Gasteiger partial charge is 0.119 e. The van der Waals surface area contributed by atoms with Crippen molar-refractivity contribution >= 4 is 21.6 Å². The minimum absolute atomic E-state index is 0.0711. The molecular formula is C15H16BrNO2. The molecule has 100 valence electrons. The molecule has 0 aliphatic heterocycles. The fourth-order valence-corrected chi connectivity index (χ4v) is 2.13. The van der Waals surface area contributed by atoms with E-state index >= 15 is 0 Å². The van der Waals surface area contributed by atoms with Gasteiger partial charge in [0.15, 0.2) is 0 Å². The maximum atomic E-state index is 8.99. The van der Waals surface area contributed by atoms with Crippen LogP contribution >= 0.6 is 15.9 Å². The number of aliphatic hydroxyl groups excluding tert-OH is 1. The van der Waals surface area contributed by atoms with Gasteiger partial charge >= 0.3 is 0 Å². The lowest BCUT2D eigenvalue weighted by atomic mass is 10.2.